The third-order valence-corrected chi connectivity index (χ3v) is 4.98. The topological polar surface area (TPSA) is 12.0 Å². The molecule has 0 radical (unpaired) electrons. The van der Waals surface area contributed by atoms with E-state index >= 15 is 0 Å². The maximum absolute atomic E-state index is 6.00. The van der Waals surface area contributed by atoms with Crippen molar-refractivity contribution in [3.63, 3.8) is 0 Å². The smallest absolute Gasteiger partial charge is 0.0880 e. The van der Waals surface area contributed by atoms with E-state index in [0.717, 1.165) is 5.02 Å². The van der Waals surface area contributed by atoms with Gasteiger partial charge in [-0.25, -0.2) is 0 Å². The van der Waals surface area contributed by atoms with Crippen LogP contribution in [0.5, 0.6) is 0 Å². The van der Waals surface area contributed by atoms with Crippen LogP contribution in [0.3, 0.4) is 0 Å². The molecule has 1 saturated carbocycles. The zero-order valence-corrected chi connectivity index (χ0v) is 10.1. The highest BCUT2D eigenvalue weighted by Crippen LogP contribution is 2.52. The van der Waals surface area contributed by atoms with Gasteiger partial charge in [0.05, 0.1) is 10.6 Å². The molecule has 1 aliphatic heterocycles. The van der Waals surface area contributed by atoms with Gasteiger partial charge in [-0.05, 0) is 31.0 Å². The SMILES string of the molecule is Clc1ccc2c(c1)NC1([14CH2]CCC[14CH2]1)S2. The molecule has 0 amide bonds. The second-order valence-corrected chi connectivity index (χ2v) is 6.28. The van der Waals surface area contributed by atoms with Gasteiger partial charge < -0.3 is 5.32 Å². The molecule has 1 heterocycles. The molecule has 2 aliphatic rings. The molecule has 1 aromatic rings. The first kappa shape index (κ1) is 9.86. The average Bonchev–Trinajstić information content (AvgIpc) is 2.56. The second kappa shape index (κ2) is 3.60. The van der Waals surface area contributed by atoms with Crippen LogP contribution in [0.25, 0.3) is 0 Å². The highest BCUT2D eigenvalue weighted by molar-refractivity contribution is 8.01. The summed E-state index contributed by atoms with van der Waals surface area (Å²) in [6, 6.07) is 6.17. The van der Waals surface area contributed by atoms with E-state index < -0.39 is 0 Å². The Morgan fingerprint density at radius 3 is 2.93 bits per heavy atom. The van der Waals surface area contributed by atoms with Crippen molar-refractivity contribution in [1.29, 1.82) is 0 Å². The molecular weight excluding hydrogens is 230 g/mol. The lowest BCUT2D eigenvalue weighted by atomic mass is 10.3. The standard InChI is InChI=1S/C12H14ClNS/c13-9-4-5-11-10(8-9)14-12(15-11)6-2-1-3-7-12/h4-5,8,14H,1-3,6-7H2/i6+2,7+2. The van der Waals surface area contributed by atoms with Crippen LogP contribution in [0.4, 0.5) is 5.69 Å². The Hall–Kier alpha value is -0.340. The third-order valence-electron chi connectivity index (χ3n) is 3.27. The van der Waals surface area contributed by atoms with Gasteiger partial charge in [0.1, 0.15) is 0 Å². The van der Waals surface area contributed by atoms with Gasteiger partial charge >= 0.3 is 0 Å². The minimum Gasteiger partial charge on any atom is -0.369 e. The molecule has 1 aliphatic carbocycles. The predicted molar refractivity (Wildman–Crippen MR) is 66.7 cm³/mol. The number of hydrogen-bond acceptors (Lipinski definition) is 2. The van der Waals surface area contributed by atoms with Crippen molar-refractivity contribution in [3.05, 3.63) is 23.2 Å². The number of anilines is 1. The third kappa shape index (κ3) is 1.74. The van der Waals surface area contributed by atoms with E-state index in [1.165, 1.54) is 42.7 Å². The Morgan fingerprint density at radius 2 is 2.13 bits per heavy atom. The van der Waals surface area contributed by atoms with E-state index in [1.807, 2.05) is 23.9 Å². The fourth-order valence-corrected chi connectivity index (χ4v) is 4.12. The highest BCUT2D eigenvalue weighted by Gasteiger charge is 2.38. The maximum atomic E-state index is 6.00. The van der Waals surface area contributed by atoms with E-state index in [9.17, 15) is 0 Å². The Balaban J connectivity index is 1.90. The molecule has 1 spiro atoms. The van der Waals surface area contributed by atoms with Gasteiger partial charge in [0, 0.05) is 9.92 Å². The molecule has 0 aromatic heterocycles. The minimum atomic E-state index is 0.283. The van der Waals surface area contributed by atoms with E-state index in [1.54, 1.807) is 0 Å². The molecule has 0 bridgehead atoms. The summed E-state index contributed by atoms with van der Waals surface area (Å²) in [4.78, 5) is 1.65. The van der Waals surface area contributed by atoms with Crippen molar-refractivity contribution in [2.75, 3.05) is 5.32 Å². The van der Waals surface area contributed by atoms with Crippen LogP contribution in [0, 0.1) is 0 Å². The quantitative estimate of drug-likeness (QED) is 0.719. The average molecular weight is 244 g/mol. The van der Waals surface area contributed by atoms with Crippen LogP contribution in [-0.4, -0.2) is 4.87 Å². The molecule has 0 unspecified atom stereocenters. The van der Waals surface area contributed by atoms with Crippen LogP contribution >= 0.6 is 23.4 Å². The molecular formula is C12H14ClNS. The Labute approximate surface area is 99.6 Å². The fraction of sp³-hybridized carbons (Fsp3) is 0.500. The monoisotopic (exact) mass is 243 g/mol. The minimum absolute atomic E-state index is 0.283. The van der Waals surface area contributed by atoms with Gasteiger partial charge in [0.25, 0.3) is 0 Å². The Morgan fingerprint density at radius 1 is 1.33 bits per heavy atom. The molecule has 15 heavy (non-hydrogen) atoms. The fourth-order valence-electron chi connectivity index (χ4n) is 2.52. The number of nitrogens with one attached hydrogen (secondary N) is 1. The largest absolute Gasteiger partial charge is 0.369 e. The van der Waals surface area contributed by atoms with Gasteiger partial charge in [0.15, 0.2) is 0 Å². The van der Waals surface area contributed by atoms with Crippen molar-refractivity contribution >= 4 is 29.1 Å². The van der Waals surface area contributed by atoms with Crippen molar-refractivity contribution in [2.45, 2.75) is 41.9 Å². The van der Waals surface area contributed by atoms with Crippen molar-refractivity contribution in [2.24, 2.45) is 0 Å². The van der Waals surface area contributed by atoms with E-state index in [0.29, 0.717) is 0 Å². The Bertz CT molecular complexity index is 385. The van der Waals surface area contributed by atoms with E-state index in [-0.39, 0.29) is 4.87 Å². The summed E-state index contributed by atoms with van der Waals surface area (Å²) in [5.41, 5.74) is 1.23. The van der Waals surface area contributed by atoms with Gasteiger partial charge in [-0.1, -0.05) is 42.6 Å². The van der Waals surface area contributed by atoms with Gasteiger partial charge in [-0.15, -0.1) is 0 Å². The maximum Gasteiger partial charge on any atom is 0.0880 e. The summed E-state index contributed by atoms with van der Waals surface area (Å²) in [7, 11) is 0. The summed E-state index contributed by atoms with van der Waals surface area (Å²) in [6.45, 7) is 0. The van der Waals surface area contributed by atoms with Crippen LogP contribution in [0.1, 0.15) is 32.1 Å². The zero-order valence-electron chi connectivity index (χ0n) is 8.55. The highest BCUT2D eigenvalue weighted by atomic mass is 35.5. The number of rotatable bonds is 0. The lowest BCUT2D eigenvalue weighted by Gasteiger charge is -2.32. The van der Waals surface area contributed by atoms with Crippen molar-refractivity contribution < 1.29 is 0 Å². The van der Waals surface area contributed by atoms with E-state index in [4.69, 9.17) is 11.6 Å². The van der Waals surface area contributed by atoms with Crippen LogP contribution in [-0.2, 0) is 0 Å². The first-order valence-electron chi connectivity index (χ1n) is 5.54. The van der Waals surface area contributed by atoms with Crippen LogP contribution < -0.4 is 5.32 Å². The summed E-state index contributed by atoms with van der Waals surface area (Å²) < 4.78 is 0. The van der Waals surface area contributed by atoms with Gasteiger partial charge in [-0.3, -0.25) is 0 Å². The molecule has 80 valence electrons. The van der Waals surface area contributed by atoms with Gasteiger partial charge in [0.2, 0.25) is 0 Å². The summed E-state index contributed by atoms with van der Waals surface area (Å²) in [6.07, 6.45) is 6.65. The lowest BCUT2D eigenvalue weighted by Crippen LogP contribution is -2.33. The first-order chi connectivity index (χ1) is 7.27. The zero-order chi connectivity index (χ0) is 10.3. The molecule has 0 saturated heterocycles. The lowest BCUT2D eigenvalue weighted by molar-refractivity contribution is 0.434. The van der Waals surface area contributed by atoms with E-state index in [2.05, 4.69) is 11.4 Å². The number of benzene rings is 1. The second-order valence-electron chi connectivity index (χ2n) is 4.42. The molecule has 1 N–H and O–H groups in total. The number of halogens is 1. The summed E-state index contributed by atoms with van der Waals surface area (Å²) in [5, 5.41) is 4.50. The van der Waals surface area contributed by atoms with Crippen molar-refractivity contribution in [1.82, 2.24) is 0 Å². The van der Waals surface area contributed by atoms with Gasteiger partial charge in [-0.2, -0.15) is 0 Å². The number of fused-ring (bicyclic) bond motifs is 1. The number of thioether (sulfide) groups is 1. The summed E-state index contributed by atoms with van der Waals surface area (Å²) in [5.74, 6) is 0. The Kier molecular flexibility index (Phi) is 2.37. The molecule has 1 nitrogen and oxygen atoms in total. The molecule has 1 fully saturated rings. The molecule has 0 atom stereocenters. The molecule has 3 heteroatoms. The summed E-state index contributed by atoms with van der Waals surface area (Å²) >= 11 is 8.00. The number of hydrogen-bond donors (Lipinski definition) is 1. The predicted octanol–water partition coefficient (Wildman–Crippen LogP) is 4.52. The van der Waals surface area contributed by atoms with Crippen LogP contribution in [0.2, 0.25) is 5.02 Å². The normalized spacial score (nSPS) is 22.5. The molecule has 1 aromatic carbocycles. The first-order valence-corrected chi connectivity index (χ1v) is 6.74. The van der Waals surface area contributed by atoms with Crippen LogP contribution in [0.15, 0.2) is 23.1 Å². The molecule has 3 rings (SSSR count). The van der Waals surface area contributed by atoms with Crippen molar-refractivity contribution in [3.8, 4) is 0 Å².